The largest absolute Gasteiger partial charge is 0.489 e. The van der Waals surface area contributed by atoms with Crippen molar-refractivity contribution in [2.24, 2.45) is 0 Å². The van der Waals surface area contributed by atoms with Crippen molar-refractivity contribution >= 4 is 32.1 Å². The molecule has 11 heteroatoms. The van der Waals surface area contributed by atoms with Gasteiger partial charge in [0.2, 0.25) is 0 Å². The van der Waals surface area contributed by atoms with Crippen LogP contribution >= 0.6 is 0 Å². The molecule has 0 aliphatic rings. The minimum absolute atomic E-state index is 0.219. The van der Waals surface area contributed by atoms with E-state index in [4.69, 9.17) is 23.7 Å². The van der Waals surface area contributed by atoms with Crippen molar-refractivity contribution in [1.29, 1.82) is 0 Å². The Hall–Kier alpha value is -3.86. The highest BCUT2D eigenvalue weighted by atomic mass is 28.3. The van der Waals surface area contributed by atoms with Gasteiger partial charge in [0, 0.05) is 8.07 Å². The van der Waals surface area contributed by atoms with E-state index >= 15 is 0 Å². The van der Waals surface area contributed by atoms with Crippen LogP contribution in [-0.2, 0) is 41.7 Å². The van der Waals surface area contributed by atoms with Crippen LogP contribution in [0.15, 0.2) is 48.5 Å². The van der Waals surface area contributed by atoms with E-state index in [1.165, 1.54) is 0 Å². The van der Waals surface area contributed by atoms with Gasteiger partial charge in [-0.3, -0.25) is 9.69 Å². The zero-order valence-corrected chi connectivity index (χ0v) is 31.9. The van der Waals surface area contributed by atoms with Crippen molar-refractivity contribution in [3.63, 3.8) is 0 Å². The van der Waals surface area contributed by atoms with E-state index in [1.807, 2.05) is 30.3 Å². The summed E-state index contributed by atoms with van der Waals surface area (Å²) in [7, 11) is -1.46. The molecule has 0 N–H and O–H groups in total. The first-order valence-electron chi connectivity index (χ1n) is 16.3. The van der Waals surface area contributed by atoms with E-state index in [0.29, 0.717) is 11.3 Å². The number of amides is 1. The second-order valence-electron chi connectivity index (χ2n) is 16.0. The summed E-state index contributed by atoms with van der Waals surface area (Å²) >= 11 is 0. The third kappa shape index (κ3) is 15.8. The van der Waals surface area contributed by atoms with E-state index in [-0.39, 0.29) is 25.3 Å². The minimum Gasteiger partial charge on any atom is -0.489 e. The predicted octanol–water partition coefficient (Wildman–Crippen LogP) is 7.94. The van der Waals surface area contributed by atoms with E-state index in [2.05, 4.69) is 19.6 Å². The number of benzene rings is 2. The molecule has 0 saturated heterocycles. The Balaban J connectivity index is 2.61. The van der Waals surface area contributed by atoms with Crippen molar-refractivity contribution in [3.8, 4) is 5.75 Å². The number of rotatable bonds is 13. The molecule has 2 aromatic rings. The van der Waals surface area contributed by atoms with E-state index in [9.17, 15) is 19.2 Å². The van der Waals surface area contributed by atoms with Crippen molar-refractivity contribution in [3.05, 3.63) is 65.2 Å². The number of hydrogen-bond acceptors (Lipinski definition) is 9. The highest BCUT2D eigenvalue weighted by Gasteiger charge is 2.39. The molecule has 0 aromatic heterocycles. The molecule has 1 amide bonds. The first-order chi connectivity index (χ1) is 21.9. The Bertz CT molecular complexity index is 1400. The van der Waals surface area contributed by atoms with Gasteiger partial charge in [-0.2, -0.15) is 0 Å². The van der Waals surface area contributed by atoms with Crippen LogP contribution in [0.5, 0.6) is 5.75 Å². The lowest BCUT2D eigenvalue weighted by molar-refractivity contribution is -0.168. The number of carbonyl (C=O) groups is 4. The van der Waals surface area contributed by atoms with Gasteiger partial charge in [-0.15, -0.1) is 0 Å². The van der Waals surface area contributed by atoms with E-state index in [1.54, 1.807) is 80.5 Å². The van der Waals surface area contributed by atoms with Crippen LogP contribution in [-0.4, -0.2) is 66.4 Å². The van der Waals surface area contributed by atoms with Gasteiger partial charge < -0.3 is 23.7 Å². The van der Waals surface area contributed by atoms with E-state index < -0.39 is 61.3 Å². The first-order valence-corrected chi connectivity index (χ1v) is 20.0. The summed E-state index contributed by atoms with van der Waals surface area (Å²) in [6.45, 7) is 22.2. The monoisotopic (exact) mass is 685 g/mol. The highest BCUT2D eigenvalue weighted by Crippen LogP contribution is 2.26. The molecule has 48 heavy (non-hydrogen) atoms. The van der Waals surface area contributed by atoms with Gasteiger partial charge in [-0.1, -0.05) is 50.0 Å². The summed E-state index contributed by atoms with van der Waals surface area (Å²) < 4.78 is 28.7. The molecule has 0 bridgehead atoms. The van der Waals surface area contributed by atoms with Crippen LogP contribution in [0.4, 0.5) is 4.79 Å². The molecule has 0 radical (unpaired) electrons. The predicted molar refractivity (Wildman–Crippen MR) is 188 cm³/mol. The number of carbonyl (C=O) groups excluding carboxylic acids is 4. The van der Waals surface area contributed by atoms with Gasteiger partial charge in [0.15, 0.2) is 0 Å². The van der Waals surface area contributed by atoms with Crippen molar-refractivity contribution in [1.82, 2.24) is 4.90 Å². The minimum atomic E-state index is -1.46. The molecule has 1 atom stereocenters. The summed E-state index contributed by atoms with van der Waals surface area (Å²) in [5.41, 5.74) is -1.09. The fourth-order valence-corrected chi connectivity index (χ4v) is 4.99. The van der Waals surface area contributed by atoms with Crippen LogP contribution in [0.1, 0.15) is 90.2 Å². The molecule has 0 saturated carbocycles. The first kappa shape index (κ1) is 40.3. The Kier molecular flexibility index (Phi) is 13.9. The van der Waals surface area contributed by atoms with Crippen LogP contribution in [0.25, 0.3) is 0 Å². The number of ether oxygens (including phenoxy) is 5. The summed E-state index contributed by atoms with van der Waals surface area (Å²) in [5.74, 6) is -1.68. The molecule has 0 fully saturated rings. The van der Waals surface area contributed by atoms with Crippen LogP contribution in [0.3, 0.4) is 0 Å². The summed E-state index contributed by atoms with van der Waals surface area (Å²) in [5, 5.41) is 0. The Morgan fingerprint density at radius 1 is 0.750 bits per heavy atom. The maximum atomic E-state index is 13.8. The topological polar surface area (TPSA) is 118 Å². The van der Waals surface area contributed by atoms with Gasteiger partial charge in [0.1, 0.15) is 35.2 Å². The fourth-order valence-electron chi connectivity index (χ4n) is 4.28. The highest BCUT2D eigenvalue weighted by molar-refractivity contribution is 6.76. The molecule has 0 aliphatic carbocycles. The van der Waals surface area contributed by atoms with Gasteiger partial charge in [0.05, 0.1) is 25.1 Å². The zero-order valence-electron chi connectivity index (χ0n) is 30.9. The number of hydrogen-bond donors (Lipinski definition) is 0. The van der Waals surface area contributed by atoms with Crippen LogP contribution in [0.2, 0.25) is 25.7 Å². The SMILES string of the molecule is CC(C)(C)OC(=O)CC(C(=O)OC(C)(C)C)N(Cc1cc(OCc2ccccc2)cc(C(=O)OCC[Si](C)(C)C)c1)C(=O)OC(C)(C)C. The Morgan fingerprint density at radius 2 is 1.33 bits per heavy atom. The molecule has 0 spiro atoms. The second-order valence-corrected chi connectivity index (χ2v) is 21.7. The summed E-state index contributed by atoms with van der Waals surface area (Å²) in [6.07, 6.45) is -1.34. The fraction of sp³-hybridized carbons (Fsp3) is 0.568. The van der Waals surface area contributed by atoms with Crippen molar-refractivity contribution in [2.45, 2.75) is 130 Å². The summed E-state index contributed by atoms with van der Waals surface area (Å²) in [4.78, 5) is 55.0. The van der Waals surface area contributed by atoms with Gasteiger partial charge >= 0.3 is 24.0 Å². The van der Waals surface area contributed by atoms with Crippen molar-refractivity contribution < 1.29 is 42.9 Å². The molecule has 0 heterocycles. The molecule has 266 valence electrons. The average molecular weight is 686 g/mol. The molecule has 0 aliphatic heterocycles. The van der Waals surface area contributed by atoms with Crippen LogP contribution in [0, 0.1) is 0 Å². The van der Waals surface area contributed by atoms with Crippen LogP contribution < -0.4 is 4.74 Å². The lowest BCUT2D eigenvalue weighted by Crippen LogP contribution is -2.50. The third-order valence-corrected chi connectivity index (χ3v) is 8.06. The maximum absolute atomic E-state index is 13.8. The quantitative estimate of drug-likeness (QED) is 0.118. The number of nitrogens with zero attached hydrogens (tertiary/aromatic N) is 1. The molecule has 2 aromatic carbocycles. The molecule has 1 unspecified atom stereocenters. The lowest BCUT2D eigenvalue weighted by atomic mass is 10.1. The maximum Gasteiger partial charge on any atom is 0.411 e. The Morgan fingerprint density at radius 3 is 1.88 bits per heavy atom. The number of esters is 3. The zero-order chi connectivity index (χ0) is 36.5. The molecular formula is C37H55NO9Si. The molecule has 10 nitrogen and oxygen atoms in total. The van der Waals surface area contributed by atoms with Gasteiger partial charge in [0.25, 0.3) is 0 Å². The normalized spacial score (nSPS) is 12.8. The molecule has 2 rings (SSSR count). The third-order valence-electron chi connectivity index (χ3n) is 6.35. The standard InChI is InChI=1S/C37H55NO9Si/c1-35(2,3)45-31(39)23-30(33(41)46-36(4,5)6)38(34(42)47-37(7,8)9)24-27-20-28(32(40)43-18-19-48(10,11)12)22-29(21-27)44-25-26-16-14-13-15-17-26/h13-17,20-22,30H,18-19,23-25H2,1-12H3. The molecular weight excluding hydrogens is 630 g/mol. The second kappa shape index (κ2) is 16.5. The van der Waals surface area contributed by atoms with Gasteiger partial charge in [-0.05, 0) is 97.7 Å². The van der Waals surface area contributed by atoms with Crippen molar-refractivity contribution in [2.75, 3.05) is 6.61 Å². The Labute approximate surface area is 287 Å². The smallest absolute Gasteiger partial charge is 0.411 e. The average Bonchev–Trinajstić information content (AvgIpc) is 2.90. The lowest BCUT2D eigenvalue weighted by Gasteiger charge is -2.34. The van der Waals surface area contributed by atoms with Gasteiger partial charge in [-0.25, -0.2) is 14.4 Å². The van der Waals surface area contributed by atoms with E-state index in [0.717, 1.165) is 16.5 Å². The summed E-state index contributed by atoms with van der Waals surface area (Å²) in [6, 6.07) is 13.8.